The van der Waals surface area contributed by atoms with Gasteiger partial charge < -0.3 is 4.74 Å². The van der Waals surface area contributed by atoms with Crippen molar-refractivity contribution in [3.8, 4) is 17.1 Å². The van der Waals surface area contributed by atoms with Crippen LogP contribution in [0.4, 0.5) is 0 Å². The fourth-order valence-electron chi connectivity index (χ4n) is 2.72. The van der Waals surface area contributed by atoms with E-state index in [0.717, 1.165) is 5.56 Å². The SMILES string of the molecule is C=CCn1c(SCC(=O)NNC(=O)c2cc(Cl)ccc2OC)nnc1-c1ccc(Cl)cc1. The number of rotatable bonds is 8. The largest absolute Gasteiger partial charge is 0.496 e. The van der Waals surface area contributed by atoms with E-state index in [1.807, 2.05) is 16.7 Å². The lowest BCUT2D eigenvalue weighted by atomic mass is 10.2. The standard InChI is InChI=1S/C21H19Cl2N5O3S/c1-3-10-28-19(13-4-6-14(22)7-5-13)25-27-21(28)32-12-18(29)24-26-20(30)16-11-15(23)8-9-17(16)31-2/h3-9,11H,1,10,12H2,2H3,(H,24,29)(H,26,30). The van der Waals surface area contributed by atoms with Crippen molar-refractivity contribution in [3.63, 3.8) is 0 Å². The molecule has 2 aromatic carbocycles. The number of halogens is 2. The van der Waals surface area contributed by atoms with Crippen LogP contribution in [-0.2, 0) is 11.3 Å². The average Bonchev–Trinajstić information content (AvgIpc) is 3.19. The molecule has 0 aliphatic carbocycles. The van der Waals surface area contributed by atoms with Crippen molar-refractivity contribution < 1.29 is 14.3 Å². The van der Waals surface area contributed by atoms with Crippen LogP contribution >= 0.6 is 35.0 Å². The van der Waals surface area contributed by atoms with Gasteiger partial charge in [0.2, 0.25) is 5.91 Å². The van der Waals surface area contributed by atoms with Crippen molar-refractivity contribution in [1.29, 1.82) is 0 Å². The summed E-state index contributed by atoms with van der Waals surface area (Å²) in [6.45, 7) is 4.22. The van der Waals surface area contributed by atoms with E-state index >= 15 is 0 Å². The summed E-state index contributed by atoms with van der Waals surface area (Å²) in [5, 5.41) is 9.93. The minimum atomic E-state index is -0.553. The summed E-state index contributed by atoms with van der Waals surface area (Å²) in [4.78, 5) is 24.6. The van der Waals surface area contributed by atoms with E-state index < -0.39 is 11.8 Å². The monoisotopic (exact) mass is 491 g/mol. The molecule has 0 spiro atoms. The maximum absolute atomic E-state index is 12.4. The average molecular weight is 492 g/mol. The third kappa shape index (κ3) is 5.82. The molecule has 2 amide bonds. The number of nitrogens with zero attached hydrogens (tertiary/aromatic N) is 3. The molecule has 0 saturated heterocycles. The maximum Gasteiger partial charge on any atom is 0.273 e. The number of allylic oxidation sites excluding steroid dienone is 1. The molecule has 0 aliphatic rings. The molecule has 3 aromatic rings. The van der Waals surface area contributed by atoms with Crippen molar-refractivity contribution in [2.24, 2.45) is 0 Å². The van der Waals surface area contributed by atoms with Crippen LogP contribution in [0.5, 0.6) is 5.75 Å². The van der Waals surface area contributed by atoms with Gasteiger partial charge in [-0.1, -0.05) is 41.0 Å². The molecule has 11 heteroatoms. The highest BCUT2D eigenvalue weighted by Crippen LogP contribution is 2.25. The number of methoxy groups -OCH3 is 1. The van der Waals surface area contributed by atoms with Crippen molar-refractivity contribution in [2.75, 3.05) is 12.9 Å². The van der Waals surface area contributed by atoms with Gasteiger partial charge >= 0.3 is 0 Å². The number of benzene rings is 2. The molecule has 3 rings (SSSR count). The summed E-state index contributed by atoms with van der Waals surface area (Å²) in [5.41, 5.74) is 5.76. The molecule has 8 nitrogen and oxygen atoms in total. The Labute approximate surface area is 198 Å². The smallest absolute Gasteiger partial charge is 0.273 e. The second-order valence-corrected chi connectivity index (χ2v) is 8.16. The molecule has 0 unspecified atom stereocenters. The Hall–Kier alpha value is -3.01. The molecule has 0 atom stereocenters. The van der Waals surface area contributed by atoms with Crippen molar-refractivity contribution in [1.82, 2.24) is 25.6 Å². The first-order valence-electron chi connectivity index (χ1n) is 9.28. The number of ether oxygens (including phenoxy) is 1. The van der Waals surface area contributed by atoms with Crippen molar-refractivity contribution >= 4 is 46.8 Å². The van der Waals surface area contributed by atoms with Crippen LogP contribution in [0.15, 0.2) is 60.3 Å². The Kier molecular flexibility index (Phi) is 8.15. The lowest BCUT2D eigenvalue weighted by molar-refractivity contribution is -0.119. The summed E-state index contributed by atoms with van der Waals surface area (Å²) in [7, 11) is 1.44. The van der Waals surface area contributed by atoms with Gasteiger partial charge in [-0.3, -0.25) is 25.0 Å². The van der Waals surface area contributed by atoms with Crippen LogP contribution in [0.3, 0.4) is 0 Å². The van der Waals surface area contributed by atoms with Gasteiger partial charge in [-0.25, -0.2) is 0 Å². The molecular formula is C21H19Cl2N5O3S. The quantitative estimate of drug-likeness (QED) is 0.280. The number of carbonyl (C=O) groups excluding carboxylic acids is 2. The summed E-state index contributed by atoms with van der Waals surface area (Å²) >= 11 is 13.1. The van der Waals surface area contributed by atoms with Gasteiger partial charge in [-0.05, 0) is 42.5 Å². The Morgan fingerprint density at radius 1 is 1.12 bits per heavy atom. The molecule has 1 aromatic heterocycles. The molecule has 0 fully saturated rings. The van der Waals surface area contributed by atoms with Gasteiger partial charge in [0.05, 0.1) is 18.4 Å². The predicted octanol–water partition coefficient (Wildman–Crippen LogP) is 4.00. The van der Waals surface area contributed by atoms with Gasteiger partial charge in [0.25, 0.3) is 5.91 Å². The van der Waals surface area contributed by atoms with Crippen LogP contribution < -0.4 is 15.6 Å². The summed E-state index contributed by atoms with van der Waals surface area (Å²) in [6, 6.07) is 11.8. The van der Waals surface area contributed by atoms with E-state index in [1.54, 1.807) is 30.3 Å². The first-order chi connectivity index (χ1) is 15.4. The predicted molar refractivity (Wildman–Crippen MR) is 125 cm³/mol. The van der Waals surface area contributed by atoms with E-state index in [0.29, 0.717) is 33.3 Å². The number of hydrazine groups is 1. The number of carbonyl (C=O) groups is 2. The zero-order chi connectivity index (χ0) is 23.1. The first kappa shape index (κ1) is 23.6. The second kappa shape index (κ2) is 11.0. The fraction of sp³-hybridized carbons (Fsp3) is 0.143. The van der Waals surface area contributed by atoms with E-state index in [1.165, 1.54) is 24.9 Å². The number of hydrogen-bond donors (Lipinski definition) is 2. The van der Waals surface area contributed by atoms with Crippen molar-refractivity contribution in [3.05, 3.63) is 70.7 Å². The molecule has 32 heavy (non-hydrogen) atoms. The third-order valence-corrected chi connectivity index (χ3v) is 5.64. The van der Waals surface area contributed by atoms with Crippen molar-refractivity contribution in [2.45, 2.75) is 11.7 Å². The molecule has 0 aliphatic heterocycles. The highest BCUT2D eigenvalue weighted by atomic mass is 35.5. The molecule has 0 bridgehead atoms. The highest BCUT2D eigenvalue weighted by molar-refractivity contribution is 7.99. The van der Waals surface area contributed by atoms with E-state index in [4.69, 9.17) is 27.9 Å². The van der Waals surface area contributed by atoms with Gasteiger partial charge in [0.1, 0.15) is 5.75 Å². The van der Waals surface area contributed by atoms with Gasteiger partial charge in [-0.2, -0.15) is 0 Å². The number of aromatic nitrogens is 3. The molecule has 2 N–H and O–H groups in total. The topological polar surface area (TPSA) is 98.1 Å². The molecule has 166 valence electrons. The third-order valence-electron chi connectivity index (χ3n) is 4.18. The van der Waals surface area contributed by atoms with Crippen LogP contribution in [0.2, 0.25) is 10.0 Å². The number of hydrogen-bond acceptors (Lipinski definition) is 6. The van der Waals surface area contributed by atoms with Crippen LogP contribution in [0.25, 0.3) is 11.4 Å². The minimum Gasteiger partial charge on any atom is -0.496 e. The second-order valence-electron chi connectivity index (χ2n) is 6.35. The van der Waals surface area contributed by atoms with Crippen LogP contribution in [0, 0.1) is 0 Å². The van der Waals surface area contributed by atoms with E-state index in [9.17, 15) is 9.59 Å². The zero-order valence-electron chi connectivity index (χ0n) is 17.0. The number of amides is 2. The van der Waals surface area contributed by atoms with Gasteiger partial charge in [-0.15, -0.1) is 16.8 Å². The van der Waals surface area contributed by atoms with E-state index in [-0.39, 0.29) is 11.3 Å². The Balaban J connectivity index is 1.62. The zero-order valence-corrected chi connectivity index (χ0v) is 19.3. The summed E-state index contributed by atoms with van der Waals surface area (Å²) in [5.74, 6) is -0.00948. The lowest BCUT2D eigenvalue weighted by Gasteiger charge is -2.11. The van der Waals surface area contributed by atoms with Crippen LogP contribution in [-0.4, -0.2) is 39.4 Å². The normalized spacial score (nSPS) is 10.5. The minimum absolute atomic E-state index is 0.00283. The lowest BCUT2D eigenvalue weighted by Crippen LogP contribution is -2.42. The molecule has 0 saturated carbocycles. The fourth-order valence-corrected chi connectivity index (χ4v) is 3.77. The Morgan fingerprint density at radius 3 is 2.53 bits per heavy atom. The van der Waals surface area contributed by atoms with E-state index in [2.05, 4.69) is 27.6 Å². The molecular weight excluding hydrogens is 473 g/mol. The van der Waals surface area contributed by atoms with Crippen LogP contribution in [0.1, 0.15) is 10.4 Å². The van der Waals surface area contributed by atoms with Gasteiger partial charge in [0, 0.05) is 22.2 Å². The Morgan fingerprint density at radius 2 is 1.84 bits per heavy atom. The summed E-state index contributed by atoms with van der Waals surface area (Å²) < 4.78 is 6.98. The first-order valence-corrected chi connectivity index (χ1v) is 11.0. The molecule has 1 heterocycles. The Bertz CT molecular complexity index is 1130. The highest BCUT2D eigenvalue weighted by Gasteiger charge is 2.17. The van der Waals surface area contributed by atoms with Gasteiger partial charge in [0.15, 0.2) is 11.0 Å². The summed E-state index contributed by atoms with van der Waals surface area (Å²) in [6.07, 6.45) is 1.71. The number of thioether (sulfide) groups is 1. The maximum atomic E-state index is 12.4. The molecule has 0 radical (unpaired) electrons. The number of nitrogens with one attached hydrogen (secondary N) is 2.